The summed E-state index contributed by atoms with van der Waals surface area (Å²) in [5.41, 5.74) is 1.73. The Morgan fingerprint density at radius 3 is 2.30 bits per heavy atom. The van der Waals surface area contributed by atoms with Gasteiger partial charge in [-0.25, -0.2) is 0 Å². The molecular weight excluding hydrogens is 331 g/mol. The molecular formula is C15H9BrF3N. The molecule has 0 fully saturated rings. The minimum atomic E-state index is -4.35. The molecule has 20 heavy (non-hydrogen) atoms. The molecule has 0 aliphatic rings. The molecule has 3 aromatic rings. The van der Waals surface area contributed by atoms with Crippen LogP contribution >= 0.6 is 15.9 Å². The van der Waals surface area contributed by atoms with E-state index in [9.17, 15) is 13.2 Å². The first-order valence-corrected chi connectivity index (χ1v) is 6.69. The highest BCUT2D eigenvalue weighted by molar-refractivity contribution is 9.10. The van der Waals surface area contributed by atoms with Gasteiger partial charge in [-0.3, -0.25) is 0 Å². The first-order valence-electron chi connectivity index (χ1n) is 5.90. The van der Waals surface area contributed by atoms with Gasteiger partial charge in [0.25, 0.3) is 0 Å². The van der Waals surface area contributed by atoms with Gasteiger partial charge in [0.1, 0.15) is 0 Å². The van der Waals surface area contributed by atoms with Crippen molar-refractivity contribution < 1.29 is 13.2 Å². The number of fused-ring (bicyclic) bond motifs is 1. The average molecular weight is 340 g/mol. The molecule has 0 atom stereocenters. The molecule has 0 aliphatic carbocycles. The van der Waals surface area contributed by atoms with Gasteiger partial charge in [-0.2, -0.15) is 13.2 Å². The van der Waals surface area contributed by atoms with Crippen molar-refractivity contribution in [3.63, 3.8) is 0 Å². The number of nitrogens with one attached hydrogen (secondary N) is 1. The lowest BCUT2D eigenvalue weighted by molar-refractivity contribution is -0.137. The predicted octanol–water partition coefficient (Wildman–Crippen LogP) is 5.62. The van der Waals surface area contributed by atoms with Crippen LogP contribution in [-0.4, -0.2) is 4.98 Å². The smallest absolute Gasteiger partial charge is 0.354 e. The molecule has 1 nitrogen and oxygen atoms in total. The van der Waals surface area contributed by atoms with Crippen LogP contribution in [0.1, 0.15) is 5.56 Å². The summed E-state index contributed by atoms with van der Waals surface area (Å²) in [6, 6.07) is 13.5. The lowest BCUT2D eigenvalue weighted by Gasteiger charge is -2.07. The second-order valence-electron chi connectivity index (χ2n) is 4.47. The Morgan fingerprint density at radius 2 is 1.65 bits per heavy atom. The van der Waals surface area contributed by atoms with Crippen LogP contribution < -0.4 is 0 Å². The summed E-state index contributed by atoms with van der Waals surface area (Å²) in [6.07, 6.45) is -4.35. The van der Waals surface area contributed by atoms with Crippen molar-refractivity contribution in [2.45, 2.75) is 6.18 Å². The zero-order valence-corrected chi connectivity index (χ0v) is 11.7. The van der Waals surface area contributed by atoms with Crippen molar-refractivity contribution in [2.24, 2.45) is 0 Å². The Hall–Kier alpha value is -1.75. The number of H-pyrrole nitrogens is 1. The summed E-state index contributed by atoms with van der Waals surface area (Å²) in [4.78, 5) is 3.14. The first kappa shape index (κ1) is 13.2. The van der Waals surface area contributed by atoms with E-state index in [1.807, 2.05) is 30.3 Å². The molecule has 1 N–H and O–H groups in total. The monoisotopic (exact) mass is 339 g/mol. The number of rotatable bonds is 1. The van der Waals surface area contributed by atoms with E-state index in [0.29, 0.717) is 15.4 Å². The quantitative estimate of drug-likeness (QED) is 0.592. The highest BCUT2D eigenvalue weighted by Crippen LogP contribution is 2.36. The van der Waals surface area contributed by atoms with Crippen LogP contribution in [0, 0.1) is 0 Å². The molecule has 0 aliphatic heterocycles. The largest absolute Gasteiger partial charge is 0.416 e. The van der Waals surface area contributed by atoms with Crippen molar-refractivity contribution >= 4 is 26.8 Å². The van der Waals surface area contributed by atoms with Gasteiger partial charge < -0.3 is 4.98 Å². The van der Waals surface area contributed by atoms with Crippen LogP contribution in [0.4, 0.5) is 13.2 Å². The highest BCUT2D eigenvalue weighted by Gasteiger charge is 2.31. The van der Waals surface area contributed by atoms with Crippen molar-refractivity contribution in [3.8, 4) is 11.3 Å². The van der Waals surface area contributed by atoms with E-state index in [1.165, 1.54) is 0 Å². The van der Waals surface area contributed by atoms with Gasteiger partial charge in [-0.1, -0.05) is 30.3 Å². The van der Waals surface area contributed by atoms with Gasteiger partial charge in [0.05, 0.1) is 11.1 Å². The van der Waals surface area contributed by atoms with Gasteiger partial charge in [0.15, 0.2) is 0 Å². The molecule has 0 radical (unpaired) electrons. The molecule has 0 bridgehead atoms. The van der Waals surface area contributed by atoms with E-state index in [1.54, 1.807) is 6.07 Å². The van der Waals surface area contributed by atoms with Crippen molar-refractivity contribution in [1.29, 1.82) is 0 Å². The van der Waals surface area contributed by atoms with Crippen LogP contribution in [0.15, 0.2) is 53.0 Å². The molecule has 2 aromatic carbocycles. The second-order valence-corrected chi connectivity index (χ2v) is 5.32. The normalized spacial score (nSPS) is 12.0. The van der Waals surface area contributed by atoms with Crippen LogP contribution in [0.3, 0.4) is 0 Å². The number of benzene rings is 2. The second kappa shape index (κ2) is 4.66. The van der Waals surface area contributed by atoms with Gasteiger partial charge in [0.2, 0.25) is 0 Å². The zero-order valence-electron chi connectivity index (χ0n) is 10.1. The van der Waals surface area contributed by atoms with Crippen LogP contribution in [0.25, 0.3) is 22.2 Å². The van der Waals surface area contributed by atoms with Crippen LogP contribution in [0.2, 0.25) is 0 Å². The predicted molar refractivity (Wildman–Crippen MR) is 76.4 cm³/mol. The molecule has 0 amide bonds. The van der Waals surface area contributed by atoms with E-state index in [0.717, 1.165) is 23.4 Å². The maximum atomic E-state index is 12.8. The average Bonchev–Trinajstić information content (AvgIpc) is 2.83. The van der Waals surface area contributed by atoms with Crippen LogP contribution in [-0.2, 0) is 6.18 Å². The third kappa shape index (κ3) is 2.33. The van der Waals surface area contributed by atoms with Crippen LogP contribution in [0.5, 0.6) is 0 Å². The van der Waals surface area contributed by atoms with Crippen molar-refractivity contribution in [2.75, 3.05) is 0 Å². The highest BCUT2D eigenvalue weighted by atomic mass is 79.9. The van der Waals surface area contributed by atoms with Gasteiger partial charge in [0, 0.05) is 15.6 Å². The molecule has 102 valence electrons. The van der Waals surface area contributed by atoms with E-state index in [2.05, 4.69) is 20.9 Å². The van der Waals surface area contributed by atoms with E-state index in [4.69, 9.17) is 0 Å². The molecule has 1 heterocycles. The SMILES string of the molecule is FC(F)(F)c1cc(Br)c2[nH]c(-c3ccccc3)cc2c1. The van der Waals surface area contributed by atoms with Gasteiger partial charge in [-0.05, 0) is 39.7 Å². The molecule has 1 aromatic heterocycles. The molecule has 5 heteroatoms. The maximum Gasteiger partial charge on any atom is 0.416 e. The summed E-state index contributed by atoms with van der Waals surface area (Å²) in [5, 5.41) is 0.533. The minimum absolute atomic E-state index is 0.407. The minimum Gasteiger partial charge on any atom is -0.354 e. The third-order valence-corrected chi connectivity index (χ3v) is 3.72. The fraction of sp³-hybridized carbons (Fsp3) is 0.0667. The third-order valence-electron chi connectivity index (χ3n) is 3.09. The summed E-state index contributed by atoms with van der Waals surface area (Å²) in [5.74, 6) is 0. The number of hydrogen-bond acceptors (Lipinski definition) is 0. The van der Waals surface area contributed by atoms with E-state index < -0.39 is 11.7 Å². The Kier molecular flexibility index (Phi) is 3.09. The number of aromatic amines is 1. The Morgan fingerprint density at radius 1 is 0.950 bits per heavy atom. The number of aromatic nitrogens is 1. The van der Waals surface area contributed by atoms with Gasteiger partial charge in [-0.15, -0.1) is 0 Å². The topological polar surface area (TPSA) is 15.8 Å². The fourth-order valence-electron chi connectivity index (χ4n) is 2.14. The standard InChI is InChI=1S/C15H9BrF3N/c16-12-8-11(15(17,18)19)6-10-7-13(20-14(10)12)9-4-2-1-3-5-9/h1-8,20H. The zero-order chi connectivity index (χ0) is 14.3. The Bertz CT molecular complexity index is 760. The summed E-state index contributed by atoms with van der Waals surface area (Å²) >= 11 is 3.19. The summed E-state index contributed by atoms with van der Waals surface area (Å²) in [6.45, 7) is 0. The molecule has 3 rings (SSSR count). The lowest BCUT2D eigenvalue weighted by atomic mass is 10.1. The first-order chi connectivity index (χ1) is 9.45. The Balaban J connectivity index is 2.19. The summed E-state index contributed by atoms with van der Waals surface area (Å²) < 4.78 is 38.8. The molecule has 0 saturated heterocycles. The van der Waals surface area contributed by atoms with Crippen molar-refractivity contribution in [1.82, 2.24) is 4.98 Å². The molecule has 0 saturated carbocycles. The van der Waals surface area contributed by atoms with E-state index in [-0.39, 0.29) is 0 Å². The maximum absolute atomic E-state index is 12.8. The number of hydrogen-bond donors (Lipinski definition) is 1. The molecule has 0 unspecified atom stereocenters. The molecule has 0 spiro atoms. The summed E-state index contributed by atoms with van der Waals surface area (Å²) in [7, 11) is 0. The fourth-order valence-corrected chi connectivity index (χ4v) is 2.71. The lowest BCUT2D eigenvalue weighted by Crippen LogP contribution is -2.04. The van der Waals surface area contributed by atoms with Gasteiger partial charge >= 0.3 is 6.18 Å². The van der Waals surface area contributed by atoms with Crippen molar-refractivity contribution in [3.05, 3.63) is 58.6 Å². The Labute approximate surface area is 121 Å². The number of alkyl halides is 3. The van der Waals surface area contributed by atoms with E-state index >= 15 is 0 Å². The number of halogens is 4.